The Morgan fingerprint density at radius 2 is 1.47 bits per heavy atom. The maximum absolute atomic E-state index is 13.6. The number of amides is 2. The zero-order chi connectivity index (χ0) is 34.4. The summed E-state index contributed by atoms with van der Waals surface area (Å²) in [6, 6.07) is 35.6. The number of benzene rings is 5. The smallest absolute Gasteiger partial charge is 0.360 e. The summed E-state index contributed by atoms with van der Waals surface area (Å²) in [5.74, 6) is -0.220. The van der Waals surface area contributed by atoms with Crippen LogP contribution in [0, 0.1) is 5.82 Å². The number of nitrogens with zero attached hydrogens (tertiary/aromatic N) is 1. The number of para-hydroxylation sites is 1. The van der Waals surface area contributed by atoms with Crippen LogP contribution in [0.15, 0.2) is 140 Å². The highest BCUT2D eigenvalue weighted by molar-refractivity contribution is 7.62. The average molecular weight is 677 g/mol. The van der Waals surface area contributed by atoms with E-state index in [9.17, 15) is 18.5 Å². The Labute approximate surface area is 284 Å². The van der Waals surface area contributed by atoms with Gasteiger partial charge in [-0.3, -0.25) is 14.3 Å². The van der Waals surface area contributed by atoms with Crippen molar-refractivity contribution in [1.82, 2.24) is 5.32 Å². The number of hydrogen-bond acceptors (Lipinski definition) is 6. The fourth-order valence-corrected chi connectivity index (χ4v) is 6.86. The Kier molecular flexibility index (Phi) is 10.2. The van der Waals surface area contributed by atoms with E-state index in [4.69, 9.17) is 13.8 Å². The van der Waals surface area contributed by atoms with Gasteiger partial charge in [0, 0.05) is 31.0 Å². The lowest BCUT2D eigenvalue weighted by atomic mass is 9.94. The molecule has 1 N–H and O–H groups in total. The molecule has 5 aromatic carbocycles. The van der Waals surface area contributed by atoms with E-state index in [2.05, 4.69) is 5.32 Å². The fraction of sp³-hybridized carbons (Fsp3) is 0.128. The number of anilines is 1. The number of carbonyl (C=O) groups is 2. The van der Waals surface area contributed by atoms with Crippen molar-refractivity contribution < 1.29 is 32.3 Å². The molecule has 0 aliphatic carbocycles. The minimum Gasteiger partial charge on any atom is -0.489 e. The van der Waals surface area contributed by atoms with Gasteiger partial charge in [0.05, 0.1) is 17.4 Å². The molecule has 1 fully saturated rings. The Balaban J connectivity index is 1.42. The summed E-state index contributed by atoms with van der Waals surface area (Å²) in [7, 11) is -0.736. The second-order valence-electron chi connectivity index (χ2n) is 11.3. The van der Waals surface area contributed by atoms with Crippen molar-refractivity contribution in [3.05, 3.63) is 162 Å². The molecule has 1 aliphatic heterocycles. The highest BCUT2D eigenvalue weighted by Crippen LogP contribution is 2.45. The minimum atomic E-state index is -3.42. The normalized spacial score (nSPS) is 16.1. The summed E-state index contributed by atoms with van der Waals surface area (Å²) < 4.78 is 43.2. The third kappa shape index (κ3) is 7.39. The van der Waals surface area contributed by atoms with Crippen molar-refractivity contribution in [3.63, 3.8) is 0 Å². The molecule has 0 unspecified atom stereocenters. The number of ketones is 1. The van der Waals surface area contributed by atoms with E-state index in [1.54, 1.807) is 23.1 Å². The first-order valence-electron chi connectivity index (χ1n) is 15.6. The van der Waals surface area contributed by atoms with Gasteiger partial charge in [0.15, 0.2) is 5.78 Å². The lowest BCUT2D eigenvalue weighted by molar-refractivity contribution is 0.104. The van der Waals surface area contributed by atoms with Crippen LogP contribution in [-0.4, -0.2) is 32.1 Å². The van der Waals surface area contributed by atoms with Gasteiger partial charge in [-0.2, -0.15) is 0 Å². The molecule has 8 nitrogen and oxygen atoms in total. The zero-order valence-corrected chi connectivity index (χ0v) is 27.8. The third-order valence-electron chi connectivity index (χ3n) is 8.31. The molecule has 1 heterocycles. The van der Waals surface area contributed by atoms with Crippen LogP contribution in [0.4, 0.5) is 14.9 Å². The number of allylic oxidation sites excluding steroid dienone is 1. The monoisotopic (exact) mass is 676 g/mol. The number of nitrogens with one attached hydrogen (secondary N) is 1. The van der Waals surface area contributed by atoms with Crippen LogP contribution in [0.3, 0.4) is 0 Å². The van der Waals surface area contributed by atoms with E-state index < -0.39 is 25.5 Å². The Morgan fingerprint density at radius 3 is 2.12 bits per heavy atom. The summed E-state index contributed by atoms with van der Waals surface area (Å²) >= 11 is 0. The summed E-state index contributed by atoms with van der Waals surface area (Å²) in [6.07, 6.45) is 3.06. The second-order valence-corrected chi connectivity index (χ2v) is 13.5. The standard InChI is InChI=1S/C39H34FN2O6P/c1-46-49(45,47-2)33-20-15-28(16-21-33)30-17-22-34(37(25-30)48-26-27-9-5-3-6-10-27)38-35(23-24-36(43)29-13-18-31(40)19-14-29)41-39(44)42(38)32-11-7-4-8-12-32/h3-25,35,38H,26H2,1-2H3,(H,41,44)/b24-23+/t35-,38+/m0/s1. The summed E-state index contributed by atoms with van der Waals surface area (Å²) in [4.78, 5) is 28.3. The molecule has 6 rings (SSSR count). The Morgan fingerprint density at radius 1 is 0.837 bits per heavy atom. The summed E-state index contributed by atoms with van der Waals surface area (Å²) in [5, 5.41) is 3.46. The quantitative estimate of drug-likeness (QED) is 0.0813. The molecular weight excluding hydrogens is 642 g/mol. The third-order valence-corrected chi connectivity index (χ3v) is 10.2. The Bertz CT molecular complexity index is 2000. The number of hydrogen-bond donors (Lipinski definition) is 1. The van der Waals surface area contributed by atoms with E-state index in [-0.39, 0.29) is 18.4 Å². The molecule has 248 valence electrons. The maximum atomic E-state index is 13.6. The first-order valence-corrected chi connectivity index (χ1v) is 17.1. The highest BCUT2D eigenvalue weighted by atomic mass is 31.2. The number of urea groups is 1. The fourth-order valence-electron chi connectivity index (χ4n) is 5.77. The molecule has 1 saturated heterocycles. The number of carbonyl (C=O) groups excluding carboxylic acids is 2. The summed E-state index contributed by atoms with van der Waals surface area (Å²) in [6.45, 7) is 0.268. The lowest BCUT2D eigenvalue weighted by Crippen LogP contribution is -2.29. The summed E-state index contributed by atoms with van der Waals surface area (Å²) in [5.41, 5.74) is 4.32. The van der Waals surface area contributed by atoms with Crippen molar-refractivity contribution in [2.24, 2.45) is 0 Å². The van der Waals surface area contributed by atoms with Crippen LogP contribution in [-0.2, 0) is 20.2 Å². The van der Waals surface area contributed by atoms with Gasteiger partial charge in [-0.15, -0.1) is 0 Å². The number of ether oxygens (including phenoxy) is 1. The van der Waals surface area contributed by atoms with Crippen LogP contribution >= 0.6 is 7.60 Å². The van der Waals surface area contributed by atoms with Crippen molar-refractivity contribution in [2.45, 2.75) is 18.7 Å². The zero-order valence-electron chi connectivity index (χ0n) is 26.9. The minimum absolute atomic E-state index is 0.268. The van der Waals surface area contributed by atoms with Gasteiger partial charge in [-0.1, -0.05) is 78.9 Å². The molecule has 0 radical (unpaired) electrons. The van der Waals surface area contributed by atoms with Gasteiger partial charge in [0.1, 0.15) is 18.2 Å². The van der Waals surface area contributed by atoms with Gasteiger partial charge >= 0.3 is 13.6 Å². The predicted molar refractivity (Wildman–Crippen MR) is 188 cm³/mol. The number of rotatable bonds is 12. The van der Waals surface area contributed by atoms with E-state index in [0.29, 0.717) is 27.9 Å². The van der Waals surface area contributed by atoms with E-state index in [1.165, 1.54) is 44.6 Å². The van der Waals surface area contributed by atoms with Gasteiger partial charge in [-0.05, 0) is 77.4 Å². The van der Waals surface area contributed by atoms with Crippen LogP contribution in [0.25, 0.3) is 11.1 Å². The molecule has 2 amide bonds. The average Bonchev–Trinajstić information content (AvgIpc) is 3.48. The molecule has 49 heavy (non-hydrogen) atoms. The van der Waals surface area contributed by atoms with Crippen LogP contribution in [0.5, 0.6) is 5.75 Å². The largest absolute Gasteiger partial charge is 0.489 e. The highest BCUT2D eigenvalue weighted by Gasteiger charge is 2.41. The van der Waals surface area contributed by atoms with E-state index >= 15 is 0 Å². The predicted octanol–water partition coefficient (Wildman–Crippen LogP) is 8.26. The van der Waals surface area contributed by atoms with Crippen molar-refractivity contribution in [1.29, 1.82) is 0 Å². The molecule has 0 saturated carbocycles. The van der Waals surface area contributed by atoms with Gasteiger partial charge < -0.3 is 19.1 Å². The molecular formula is C39H34FN2O6P. The Hall–Kier alpha value is -5.34. The second kappa shape index (κ2) is 14.8. The molecule has 2 atom stereocenters. The molecule has 0 bridgehead atoms. The van der Waals surface area contributed by atoms with E-state index in [0.717, 1.165) is 16.7 Å². The van der Waals surface area contributed by atoms with Crippen LogP contribution < -0.4 is 20.3 Å². The topological polar surface area (TPSA) is 94.2 Å². The molecule has 5 aromatic rings. The van der Waals surface area contributed by atoms with E-state index in [1.807, 2.05) is 91.0 Å². The van der Waals surface area contributed by atoms with Crippen LogP contribution in [0.1, 0.15) is 27.5 Å². The molecule has 1 aliphatic rings. The lowest BCUT2D eigenvalue weighted by Gasteiger charge is -2.28. The maximum Gasteiger partial charge on any atom is 0.360 e. The van der Waals surface area contributed by atoms with Crippen molar-refractivity contribution >= 4 is 30.4 Å². The molecule has 0 aromatic heterocycles. The first kappa shape index (κ1) is 33.6. The van der Waals surface area contributed by atoms with Crippen molar-refractivity contribution in [3.8, 4) is 16.9 Å². The van der Waals surface area contributed by atoms with Crippen molar-refractivity contribution in [2.75, 3.05) is 19.1 Å². The molecule has 0 spiro atoms. The van der Waals surface area contributed by atoms with Gasteiger partial charge in [0.25, 0.3) is 0 Å². The molecule has 10 heteroatoms. The SMILES string of the molecule is COP(=O)(OC)c1ccc(-c2ccc([C@@H]3[C@H](/C=C/C(=O)c4ccc(F)cc4)NC(=O)N3c3ccccc3)c(OCc3ccccc3)c2)cc1. The number of halogens is 1. The van der Waals surface area contributed by atoms with Crippen LogP contribution in [0.2, 0.25) is 0 Å². The first-order chi connectivity index (χ1) is 23.8. The van der Waals surface area contributed by atoms with Gasteiger partial charge in [-0.25, -0.2) is 9.18 Å². The van der Waals surface area contributed by atoms with Gasteiger partial charge in [0.2, 0.25) is 0 Å².